The first-order chi connectivity index (χ1) is 8.43. The van der Waals surface area contributed by atoms with Crippen LogP contribution in [-0.4, -0.2) is 13.1 Å². The highest BCUT2D eigenvalue weighted by molar-refractivity contribution is 4.50. The van der Waals surface area contributed by atoms with Crippen molar-refractivity contribution < 1.29 is 14.5 Å². The van der Waals surface area contributed by atoms with Crippen molar-refractivity contribution in [3.8, 4) is 0 Å². The summed E-state index contributed by atoms with van der Waals surface area (Å²) in [4.78, 5) is 9.59. The van der Waals surface area contributed by atoms with Crippen LogP contribution in [0.4, 0.5) is 0 Å². The lowest BCUT2D eigenvalue weighted by molar-refractivity contribution is -0.278. The smallest absolute Gasteiger partial charge is 0.194 e. The van der Waals surface area contributed by atoms with Crippen molar-refractivity contribution in [2.75, 3.05) is 6.79 Å². The largest absolute Gasteiger partial charge is 0.320 e. The summed E-state index contributed by atoms with van der Waals surface area (Å²) in [5.41, 5.74) is 0. The monoisotopic (exact) mass is 244 g/mol. The molecule has 1 aliphatic heterocycles. The van der Waals surface area contributed by atoms with E-state index in [1.165, 1.54) is 64.2 Å². The highest BCUT2D eigenvalue weighted by atomic mass is 17.3. The molecule has 0 radical (unpaired) electrons. The molecule has 0 aromatic carbocycles. The fourth-order valence-corrected chi connectivity index (χ4v) is 2.17. The highest BCUT2D eigenvalue weighted by Gasteiger charge is 2.16. The third-order valence-corrected chi connectivity index (χ3v) is 3.27. The van der Waals surface area contributed by atoms with Crippen LogP contribution >= 0.6 is 0 Å². The van der Waals surface area contributed by atoms with Gasteiger partial charge in [-0.05, 0) is 6.42 Å². The molecule has 1 aliphatic rings. The number of unbranched alkanes of at least 4 members (excludes halogenated alkanes) is 9. The lowest BCUT2D eigenvalue weighted by Gasteiger charge is -2.05. The minimum Gasteiger partial charge on any atom is -0.320 e. The quantitative estimate of drug-likeness (QED) is 0.394. The van der Waals surface area contributed by atoms with Crippen molar-refractivity contribution >= 4 is 0 Å². The number of ether oxygens (including phenoxy) is 1. The first kappa shape index (κ1) is 14.9. The zero-order chi connectivity index (χ0) is 12.2. The summed E-state index contributed by atoms with van der Waals surface area (Å²) in [6.45, 7) is 2.56. The minimum atomic E-state index is -0.107. The van der Waals surface area contributed by atoms with Gasteiger partial charge in [0, 0.05) is 6.42 Å². The van der Waals surface area contributed by atoms with Gasteiger partial charge in [0.2, 0.25) is 0 Å². The standard InChI is InChI=1S/C14H28O3/c1-2-3-4-5-6-7-8-9-10-11-12-14-15-13-16-17-14/h14H,2-13H2,1H3. The first-order valence-electron chi connectivity index (χ1n) is 7.33. The molecule has 0 amide bonds. The third kappa shape index (κ3) is 8.58. The summed E-state index contributed by atoms with van der Waals surface area (Å²) in [6.07, 6.45) is 14.5. The van der Waals surface area contributed by atoms with Gasteiger partial charge < -0.3 is 4.74 Å². The fraction of sp³-hybridized carbons (Fsp3) is 1.00. The van der Waals surface area contributed by atoms with Crippen molar-refractivity contribution in [2.24, 2.45) is 0 Å². The zero-order valence-corrected chi connectivity index (χ0v) is 11.3. The Morgan fingerprint density at radius 3 is 1.94 bits per heavy atom. The van der Waals surface area contributed by atoms with Gasteiger partial charge >= 0.3 is 0 Å². The molecule has 1 atom stereocenters. The average molecular weight is 244 g/mol. The van der Waals surface area contributed by atoms with Crippen LogP contribution < -0.4 is 0 Å². The molecule has 0 spiro atoms. The van der Waals surface area contributed by atoms with Crippen molar-refractivity contribution in [3.63, 3.8) is 0 Å². The molecule has 0 bridgehead atoms. The second-order valence-corrected chi connectivity index (χ2v) is 4.90. The maximum absolute atomic E-state index is 5.19. The van der Waals surface area contributed by atoms with Gasteiger partial charge in [-0.2, -0.15) is 0 Å². The van der Waals surface area contributed by atoms with E-state index in [0.29, 0.717) is 6.79 Å². The molecule has 3 heteroatoms. The SMILES string of the molecule is CCCCCCCCCCCCC1OCOO1. The third-order valence-electron chi connectivity index (χ3n) is 3.27. The molecule has 1 heterocycles. The maximum Gasteiger partial charge on any atom is 0.194 e. The Kier molecular flexibility index (Phi) is 9.66. The molecule has 0 aromatic heterocycles. The Hall–Kier alpha value is -0.120. The van der Waals surface area contributed by atoms with E-state index in [4.69, 9.17) is 9.62 Å². The van der Waals surface area contributed by atoms with Gasteiger partial charge in [-0.15, -0.1) is 0 Å². The second-order valence-electron chi connectivity index (χ2n) is 4.90. The Balaban J connectivity index is 1.69. The van der Waals surface area contributed by atoms with E-state index in [1.54, 1.807) is 0 Å². The van der Waals surface area contributed by atoms with Crippen molar-refractivity contribution in [1.82, 2.24) is 0 Å². The van der Waals surface area contributed by atoms with Gasteiger partial charge in [-0.25, -0.2) is 9.78 Å². The maximum atomic E-state index is 5.19. The molecule has 1 unspecified atom stereocenters. The van der Waals surface area contributed by atoms with Gasteiger partial charge in [0.05, 0.1) is 0 Å². The number of hydrogen-bond donors (Lipinski definition) is 0. The van der Waals surface area contributed by atoms with Crippen molar-refractivity contribution in [2.45, 2.75) is 83.8 Å². The molecule has 0 aliphatic carbocycles. The minimum absolute atomic E-state index is 0.107. The van der Waals surface area contributed by atoms with Gasteiger partial charge in [0.25, 0.3) is 0 Å². The van der Waals surface area contributed by atoms with Crippen LogP contribution in [-0.2, 0) is 14.5 Å². The number of rotatable bonds is 11. The average Bonchev–Trinajstić information content (AvgIpc) is 2.85. The predicted molar refractivity (Wildman–Crippen MR) is 68.4 cm³/mol. The summed E-state index contributed by atoms with van der Waals surface area (Å²) in [7, 11) is 0. The van der Waals surface area contributed by atoms with E-state index >= 15 is 0 Å². The van der Waals surface area contributed by atoms with Crippen LogP contribution in [0.3, 0.4) is 0 Å². The van der Waals surface area contributed by atoms with E-state index in [-0.39, 0.29) is 6.29 Å². The highest BCUT2D eigenvalue weighted by Crippen LogP contribution is 2.15. The predicted octanol–water partition coefficient (Wildman–Crippen LogP) is 4.56. The summed E-state index contributed by atoms with van der Waals surface area (Å²) < 4.78 is 5.19. The molecule has 3 nitrogen and oxygen atoms in total. The molecule has 0 N–H and O–H groups in total. The lowest BCUT2D eigenvalue weighted by atomic mass is 10.1. The van der Waals surface area contributed by atoms with Crippen LogP contribution in [0.25, 0.3) is 0 Å². The Bertz CT molecular complexity index is 156. The van der Waals surface area contributed by atoms with Crippen LogP contribution in [0.5, 0.6) is 0 Å². The molecule has 1 saturated heterocycles. The molecular formula is C14H28O3. The lowest BCUT2D eigenvalue weighted by Crippen LogP contribution is -2.06. The van der Waals surface area contributed by atoms with E-state index in [2.05, 4.69) is 11.8 Å². The summed E-state index contributed by atoms with van der Waals surface area (Å²) in [5.74, 6) is 0. The van der Waals surface area contributed by atoms with Gasteiger partial charge in [0.15, 0.2) is 13.1 Å². The second kappa shape index (κ2) is 11.0. The topological polar surface area (TPSA) is 27.7 Å². The summed E-state index contributed by atoms with van der Waals surface area (Å²) in [5, 5.41) is 0. The Labute approximate surface area is 106 Å². The van der Waals surface area contributed by atoms with E-state index in [9.17, 15) is 0 Å². The first-order valence-corrected chi connectivity index (χ1v) is 7.33. The van der Waals surface area contributed by atoms with Gasteiger partial charge in [-0.1, -0.05) is 64.7 Å². The van der Waals surface area contributed by atoms with Crippen LogP contribution in [0, 0.1) is 0 Å². The fourth-order valence-electron chi connectivity index (χ4n) is 2.17. The molecule has 102 valence electrons. The molecule has 17 heavy (non-hydrogen) atoms. The summed E-state index contributed by atoms with van der Waals surface area (Å²) >= 11 is 0. The molecule has 0 aromatic rings. The number of hydrogen-bond acceptors (Lipinski definition) is 3. The van der Waals surface area contributed by atoms with Crippen LogP contribution in [0.2, 0.25) is 0 Å². The molecule has 1 fully saturated rings. The van der Waals surface area contributed by atoms with Gasteiger partial charge in [0.1, 0.15) is 0 Å². The summed E-state index contributed by atoms with van der Waals surface area (Å²) in [6, 6.07) is 0. The molecule has 0 saturated carbocycles. The zero-order valence-electron chi connectivity index (χ0n) is 11.3. The van der Waals surface area contributed by atoms with E-state index < -0.39 is 0 Å². The van der Waals surface area contributed by atoms with Crippen molar-refractivity contribution in [3.05, 3.63) is 0 Å². The normalized spacial score (nSPS) is 19.9. The Morgan fingerprint density at radius 1 is 0.824 bits per heavy atom. The Morgan fingerprint density at radius 2 is 1.41 bits per heavy atom. The van der Waals surface area contributed by atoms with E-state index in [1.807, 2.05) is 0 Å². The van der Waals surface area contributed by atoms with Crippen molar-refractivity contribution in [1.29, 1.82) is 0 Å². The van der Waals surface area contributed by atoms with E-state index in [0.717, 1.165) is 6.42 Å². The van der Waals surface area contributed by atoms with Gasteiger partial charge in [-0.3, -0.25) is 0 Å². The molecule has 1 rings (SSSR count). The molecular weight excluding hydrogens is 216 g/mol. The van der Waals surface area contributed by atoms with Crippen LogP contribution in [0.1, 0.15) is 77.6 Å². The van der Waals surface area contributed by atoms with Crippen LogP contribution in [0.15, 0.2) is 0 Å².